The van der Waals surface area contributed by atoms with Crippen LogP contribution in [0.25, 0.3) is 10.9 Å². The summed E-state index contributed by atoms with van der Waals surface area (Å²) in [6.45, 7) is 4.88. The molecule has 29 heavy (non-hydrogen) atoms. The Bertz CT molecular complexity index is 800. The third kappa shape index (κ3) is 4.84. The van der Waals surface area contributed by atoms with E-state index in [0.29, 0.717) is 25.0 Å². The van der Waals surface area contributed by atoms with Crippen LogP contribution in [-0.4, -0.2) is 66.6 Å². The van der Waals surface area contributed by atoms with Crippen LogP contribution < -0.4 is 0 Å². The highest BCUT2D eigenvalue weighted by atomic mass is 16.5. The van der Waals surface area contributed by atoms with Gasteiger partial charge >= 0.3 is 0 Å². The number of rotatable bonds is 8. The zero-order valence-corrected chi connectivity index (χ0v) is 17.7. The van der Waals surface area contributed by atoms with E-state index in [4.69, 9.17) is 4.74 Å². The molecule has 2 saturated heterocycles. The molecule has 5 heteroatoms. The number of hydrogen-bond acceptors (Lipinski definition) is 3. The third-order valence-electron chi connectivity index (χ3n) is 6.83. The van der Waals surface area contributed by atoms with Crippen LogP contribution in [0.15, 0.2) is 30.5 Å². The molecule has 1 amide bonds. The van der Waals surface area contributed by atoms with Crippen molar-refractivity contribution in [2.24, 2.45) is 5.92 Å². The van der Waals surface area contributed by atoms with Gasteiger partial charge in [-0.15, -0.1) is 0 Å². The lowest BCUT2D eigenvalue weighted by molar-refractivity contribution is -0.132. The van der Waals surface area contributed by atoms with Crippen molar-refractivity contribution in [1.29, 1.82) is 0 Å². The lowest BCUT2D eigenvalue weighted by Crippen LogP contribution is -2.52. The van der Waals surface area contributed by atoms with Crippen molar-refractivity contribution in [3.8, 4) is 0 Å². The Morgan fingerprint density at radius 2 is 2.07 bits per heavy atom. The summed E-state index contributed by atoms with van der Waals surface area (Å²) >= 11 is 0. The molecule has 2 aliphatic heterocycles. The van der Waals surface area contributed by atoms with Gasteiger partial charge in [-0.25, -0.2) is 0 Å². The van der Waals surface area contributed by atoms with Crippen molar-refractivity contribution in [3.05, 3.63) is 36.0 Å². The maximum atomic E-state index is 13.3. The first kappa shape index (κ1) is 20.4. The summed E-state index contributed by atoms with van der Waals surface area (Å²) in [7, 11) is 1.74. The molecule has 0 aliphatic carbocycles. The van der Waals surface area contributed by atoms with Gasteiger partial charge in [0, 0.05) is 49.9 Å². The lowest BCUT2D eigenvalue weighted by atomic mass is 9.83. The van der Waals surface area contributed by atoms with Crippen molar-refractivity contribution < 1.29 is 9.53 Å². The van der Waals surface area contributed by atoms with Gasteiger partial charge in [0.2, 0.25) is 5.91 Å². The van der Waals surface area contributed by atoms with E-state index in [1.165, 1.54) is 45.2 Å². The average molecular weight is 398 g/mol. The minimum Gasteiger partial charge on any atom is -0.385 e. The molecule has 3 heterocycles. The Morgan fingerprint density at radius 3 is 2.97 bits per heavy atom. The van der Waals surface area contributed by atoms with Crippen LogP contribution >= 0.6 is 0 Å². The highest BCUT2D eigenvalue weighted by Crippen LogP contribution is 2.31. The van der Waals surface area contributed by atoms with Crippen LogP contribution in [0.4, 0.5) is 0 Å². The molecule has 2 atom stereocenters. The summed E-state index contributed by atoms with van der Waals surface area (Å²) in [5.41, 5.74) is 2.21. The number of carbonyl (C=O) groups is 1. The van der Waals surface area contributed by atoms with Gasteiger partial charge in [-0.2, -0.15) is 0 Å². The Kier molecular flexibility index (Phi) is 6.88. The second-order valence-electron chi connectivity index (χ2n) is 8.72. The molecule has 1 aromatic heterocycles. The SMILES string of the molecule is COCCCN(CC1CCCN2CCCCC12)C(=O)Cc1c[nH]c2ccccc12. The molecule has 0 saturated carbocycles. The van der Waals surface area contributed by atoms with E-state index in [1.807, 2.05) is 18.3 Å². The normalized spacial score (nSPS) is 22.5. The maximum absolute atomic E-state index is 13.3. The number of amides is 1. The molecular weight excluding hydrogens is 362 g/mol. The first-order chi connectivity index (χ1) is 14.3. The molecule has 5 nitrogen and oxygen atoms in total. The van der Waals surface area contributed by atoms with Crippen LogP contribution in [0.1, 0.15) is 44.1 Å². The molecule has 0 spiro atoms. The Morgan fingerprint density at radius 1 is 1.21 bits per heavy atom. The summed E-state index contributed by atoms with van der Waals surface area (Å²) in [5, 5.41) is 1.16. The van der Waals surface area contributed by atoms with E-state index in [0.717, 1.165) is 36.0 Å². The molecule has 2 aromatic rings. The number of piperidine rings is 2. The lowest BCUT2D eigenvalue weighted by Gasteiger charge is -2.45. The van der Waals surface area contributed by atoms with E-state index < -0.39 is 0 Å². The largest absolute Gasteiger partial charge is 0.385 e. The van der Waals surface area contributed by atoms with Crippen LogP contribution in [0.3, 0.4) is 0 Å². The highest BCUT2D eigenvalue weighted by molar-refractivity contribution is 5.88. The number of nitrogens with zero attached hydrogens (tertiary/aromatic N) is 2. The summed E-state index contributed by atoms with van der Waals surface area (Å²) in [6.07, 6.45) is 9.86. The van der Waals surface area contributed by atoms with Crippen LogP contribution in [0.5, 0.6) is 0 Å². The van der Waals surface area contributed by atoms with Crippen molar-refractivity contribution in [3.63, 3.8) is 0 Å². The molecule has 0 radical (unpaired) electrons. The highest BCUT2D eigenvalue weighted by Gasteiger charge is 2.34. The monoisotopic (exact) mass is 397 g/mol. The average Bonchev–Trinajstić information content (AvgIpc) is 3.16. The number of methoxy groups -OCH3 is 1. The summed E-state index contributed by atoms with van der Waals surface area (Å²) in [6, 6.07) is 8.91. The zero-order chi connectivity index (χ0) is 20.1. The van der Waals surface area contributed by atoms with Crippen molar-refractivity contribution in [2.75, 3.05) is 39.9 Å². The van der Waals surface area contributed by atoms with Gasteiger partial charge in [0.15, 0.2) is 0 Å². The Balaban J connectivity index is 1.46. The number of aromatic amines is 1. The minimum absolute atomic E-state index is 0.249. The van der Waals surface area contributed by atoms with Crippen LogP contribution in [-0.2, 0) is 16.0 Å². The van der Waals surface area contributed by atoms with Gasteiger partial charge in [-0.3, -0.25) is 4.79 Å². The second kappa shape index (κ2) is 9.77. The van der Waals surface area contributed by atoms with Crippen LogP contribution in [0.2, 0.25) is 0 Å². The van der Waals surface area contributed by atoms with Crippen molar-refractivity contribution in [1.82, 2.24) is 14.8 Å². The second-order valence-corrected chi connectivity index (χ2v) is 8.72. The predicted molar refractivity (Wildman–Crippen MR) is 117 cm³/mol. The maximum Gasteiger partial charge on any atom is 0.227 e. The minimum atomic E-state index is 0.249. The summed E-state index contributed by atoms with van der Waals surface area (Å²) in [4.78, 5) is 21.5. The molecule has 2 aliphatic rings. The fourth-order valence-electron chi connectivity index (χ4n) is 5.34. The standard InChI is InChI=1S/C24H35N3O2/c1-29-15-7-14-27(18-19-8-6-13-26-12-5-4-11-23(19)26)24(28)16-20-17-25-22-10-3-2-9-21(20)22/h2-3,9-10,17,19,23,25H,4-8,11-16,18H2,1H3. The van der Waals surface area contributed by atoms with Gasteiger partial charge in [0.05, 0.1) is 6.42 Å². The molecule has 4 rings (SSSR count). The topological polar surface area (TPSA) is 48.6 Å². The van der Waals surface area contributed by atoms with Gasteiger partial charge in [0.25, 0.3) is 0 Å². The van der Waals surface area contributed by atoms with E-state index in [2.05, 4.69) is 26.9 Å². The zero-order valence-electron chi connectivity index (χ0n) is 17.7. The Labute approximate surface area is 174 Å². The number of fused-ring (bicyclic) bond motifs is 2. The van der Waals surface area contributed by atoms with E-state index >= 15 is 0 Å². The molecule has 2 unspecified atom stereocenters. The number of hydrogen-bond donors (Lipinski definition) is 1. The summed E-state index contributed by atoms with van der Waals surface area (Å²) in [5.74, 6) is 0.859. The first-order valence-corrected chi connectivity index (χ1v) is 11.3. The molecule has 1 N–H and O–H groups in total. The first-order valence-electron chi connectivity index (χ1n) is 11.3. The molecular formula is C24H35N3O2. The number of carbonyl (C=O) groups excluding carboxylic acids is 1. The quantitative estimate of drug-likeness (QED) is 0.689. The van der Waals surface area contributed by atoms with Gasteiger partial charge in [0.1, 0.15) is 0 Å². The molecule has 1 aromatic carbocycles. The van der Waals surface area contributed by atoms with E-state index in [9.17, 15) is 4.79 Å². The molecule has 2 fully saturated rings. The van der Waals surface area contributed by atoms with Gasteiger partial charge < -0.3 is 19.5 Å². The molecule has 0 bridgehead atoms. The van der Waals surface area contributed by atoms with Crippen molar-refractivity contribution >= 4 is 16.8 Å². The number of H-pyrrole nitrogens is 1. The van der Waals surface area contributed by atoms with E-state index in [1.54, 1.807) is 7.11 Å². The number of nitrogens with one attached hydrogen (secondary N) is 1. The fraction of sp³-hybridized carbons (Fsp3) is 0.625. The smallest absolute Gasteiger partial charge is 0.227 e. The van der Waals surface area contributed by atoms with Crippen LogP contribution in [0, 0.1) is 5.92 Å². The van der Waals surface area contributed by atoms with Gasteiger partial charge in [-0.05, 0) is 62.7 Å². The number of para-hydroxylation sites is 1. The van der Waals surface area contributed by atoms with Gasteiger partial charge in [-0.1, -0.05) is 24.6 Å². The number of benzene rings is 1. The number of aromatic nitrogens is 1. The summed E-state index contributed by atoms with van der Waals surface area (Å²) < 4.78 is 5.26. The predicted octanol–water partition coefficient (Wildman–Crippen LogP) is 3.84. The van der Waals surface area contributed by atoms with Crippen molar-refractivity contribution in [2.45, 2.75) is 51.0 Å². The third-order valence-corrected chi connectivity index (χ3v) is 6.83. The van der Waals surface area contributed by atoms with E-state index in [-0.39, 0.29) is 5.91 Å². The molecule has 158 valence electrons. The number of ether oxygens (including phenoxy) is 1. The Hall–Kier alpha value is -1.85. The fourth-order valence-corrected chi connectivity index (χ4v) is 5.34.